The Morgan fingerprint density at radius 2 is 2.41 bits per heavy atom. The molecule has 0 saturated carbocycles. The van der Waals surface area contributed by atoms with Crippen molar-refractivity contribution in [3.8, 4) is 0 Å². The molecular weight excluding hydrogens is 280 g/mol. The lowest BCUT2D eigenvalue weighted by Gasteiger charge is -2.18. The van der Waals surface area contributed by atoms with Gasteiger partial charge in [0.15, 0.2) is 0 Å². The summed E-state index contributed by atoms with van der Waals surface area (Å²) in [5.74, 6) is 0.441. The lowest BCUT2D eigenvalue weighted by Crippen LogP contribution is -2.33. The second-order valence-corrected chi connectivity index (χ2v) is 5.78. The molecular formula is C16H22N4O2. The monoisotopic (exact) mass is 302 g/mol. The molecule has 22 heavy (non-hydrogen) atoms. The van der Waals surface area contributed by atoms with Crippen molar-refractivity contribution in [3.63, 3.8) is 0 Å². The molecule has 0 aliphatic carbocycles. The van der Waals surface area contributed by atoms with E-state index in [9.17, 15) is 4.79 Å². The number of anilines is 1. The number of amides is 2. The van der Waals surface area contributed by atoms with Crippen LogP contribution in [0.3, 0.4) is 0 Å². The van der Waals surface area contributed by atoms with Crippen LogP contribution < -0.4 is 5.32 Å². The van der Waals surface area contributed by atoms with Crippen molar-refractivity contribution >= 4 is 22.6 Å². The minimum atomic E-state index is -0.0567. The van der Waals surface area contributed by atoms with Crippen LogP contribution in [0.4, 0.5) is 10.5 Å². The van der Waals surface area contributed by atoms with E-state index in [1.807, 2.05) is 30.9 Å². The number of H-pyrrole nitrogens is 1. The summed E-state index contributed by atoms with van der Waals surface area (Å²) in [6, 6.07) is 3.86. The number of rotatable bonds is 4. The lowest BCUT2D eigenvalue weighted by molar-refractivity contribution is 0.113. The number of benzene rings is 1. The zero-order valence-electron chi connectivity index (χ0n) is 13.1. The van der Waals surface area contributed by atoms with Gasteiger partial charge in [-0.05, 0) is 31.9 Å². The molecule has 2 N–H and O–H groups in total. The lowest BCUT2D eigenvalue weighted by atomic mass is 10.1. The first-order valence-electron chi connectivity index (χ1n) is 7.75. The smallest absolute Gasteiger partial charge is 0.321 e. The van der Waals surface area contributed by atoms with Gasteiger partial charge in [0.05, 0.1) is 24.0 Å². The van der Waals surface area contributed by atoms with E-state index in [1.54, 1.807) is 6.20 Å². The van der Waals surface area contributed by atoms with E-state index in [1.165, 1.54) is 0 Å². The van der Waals surface area contributed by atoms with Crippen molar-refractivity contribution in [1.82, 2.24) is 15.1 Å². The molecule has 0 radical (unpaired) electrons. The number of nitrogens with one attached hydrogen (secondary N) is 2. The number of carbonyl (C=O) groups excluding carboxylic acids is 1. The van der Waals surface area contributed by atoms with Crippen molar-refractivity contribution in [2.75, 3.05) is 31.6 Å². The van der Waals surface area contributed by atoms with Crippen molar-refractivity contribution < 1.29 is 9.53 Å². The molecule has 118 valence electrons. The van der Waals surface area contributed by atoms with Crippen LogP contribution in [0.5, 0.6) is 0 Å². The summed E-state index contributed by atoms with van der Waals surface area (Å²) in [5.41, 5.74) is 2.79. The highest BCUT2D eigenvalue weighted by Gasteiger charge is 2.26. The summed E-state index contributed by atoms with van der Waals surface area (Å²) in [4.78, 5) is 14.3. The Kier molecular flexibility index (Phi) is 4.29. The van der Waals surface area contributed by atoms with Crippen molar-refractivity contribution in [1.29, 1.82) is 0 Å². The van der Waals surface area contributed by atoms with Crippen LogP contribution in [-0.2, 0) is 4.74 Å². The number of ether oxygens (including phenoxy) is 1. The van der Waals surface area contributed by atoms with Gasteiger partial charge in [-0.1, -0.05) is 6.07 Å². The van der Waals surface area contributed by atoms with Gasteiger partial charge in [-0.3, -0.25) is 5.10 Å². The van der Waals surface area contributed by atoms with E-state index < -0.39 is 0 Å². The maximum absolute atomic E-state index is 12.4. The SMILES string of the molecule is CCOC[C@H]1CCN(C(=O)Nc2ccc(C)c3cn[nH]c23)C1. The molecule has 2 heterocycles. The van der Waals surface area contributed by atoms with Gasteiger partial charge in [0, 0.05) is 31.0 Å². The van der Waals surface area contributed by atoms with Gasteiger partial charge < -0.3 is 15.0 Å². The van der Waals surface area contributed by atoms with E-state index in [2.05, 4.69) is 15.5 Å². The molecule has 2 aromatic rings. The molecule has 2 amide bonds. The van der Waals surface area contributed by atoms with Gasteiger partial charge in [-0.2, -0.15) is 5.10 Å². The van der Waals surface area contributed by atoms with E-state index in [4.69, 9.17) is 4.74 Å². The summed E-state index contributed by atoms with van der Waals surface area (Å²) in [6.07, 6.45) is 2.79. The normalized spacial score (nSPS) is 18.1. The molecule has 0 spiro atoms. The Morgan fingerprint density at radius 3 is 3.23 bits per heavy atom. The third kappa shape index (κ3) is 2.92. The average Bonchev–Trinajstić information content (AvgIpc) is 3.17. The van der Waals surface area contributed by atoms with Crippen molar-refractivity contribution in [2.24, 2.45) is 5.92 Å². The second kappa shape index (κ2) is 6.36. The van der Waals surface area contributed by atoms with Crippen LogP contribution in [0.2, 0.25) is 0 Å². The third-order valence-corrected chi connectivity index (χ3v) is 4.21. The van der Waals surface area contributed by atoms with Crippen molar-refractivity contribution in [3.05, 3.63) is 23.9 Å². The molecule has 6 heteroatoms. The average molecular weight is 302 g/mol. The van der Waals surface area contributed by atoms with Gasteiger partial charge in [-0.15, -0.1) is 0 Å². The fourth-order valence-corrected chi connectivity index (χ4v) is 2.91. The number of nitrogens with zero attached hydrogens (tertiary/aromatic N) is 2. The number of aromatic nitrogens is 2. The molecule has 1 aliphatic rings. The molecule has 1 saturated heterocycles. The summed E-state index contributed by atoms with van der Waals surface area (Å²) in [5, 5.41) is 11.1. The molecule has 1 fully saturated rings. The molecule has 1 atom stereocenters. The van der Waals surface area contributed by atoms with Gasteiger partial charge in [0.25, 0.3) is 0 Å². The minimum absolute atomic E-state index is 0.0567. The van der Waals surface area contributed by atoms with Crippen LogP contribution in [0.25, 0.3) is 10.9 Å². The molecule has 1 aromatic heterocycles. The van der Waals surface area contributed by atoms with Crippen LogP contribution in [0, 0.1) is 12.8 Å². The molecule has 0 unspecified atom stereocenters. The number of carbonyl (C=O) groups is 1. The first-order chi connectivity index (χ1) is 10.7. The van der Waals surface area contributed by atoms with Gasteiger partial charge >= 0.3 is 6.03 Å². The molecule has 1 aliphatic heterocycles. The molecule has 1 aromatic carbocycles. The fraction of sp³-hybridized carbons (Fsp3) is 0.500. The quantitative estimate of drug-likeness (QED) is 0.912. The highest BCUT2D eigenvalue weighted by Crippen LogP contribution is 2.25. The first-order valence-corrected chi connectivity index (χ1v) is 7.75. The standard InChI is InChI=1S/C16H22N4O2/c1-3-22-10-12-6-7-20(9-12)16(21)18-14-5-4-11(2)13-8-17-19-15(13)14/h4-5,8,12H,3,6-7,9-10H2,1-2H3,(H,17,19)(H,18,21)/t12-/m0/s1. The van der Waals surface area contributed by atoms with Gasteiger partial charge in [0.2, 0.25) is 0 Å². The maximum atomic E-state index is 12.4. The predicted octanol–water partition coefficient (Wildman–Crippen LogP) is 2.76. The van der Waals surface area contributed by atoms with E-state index in [0.717, 1.165) is 54.9 Å². The Labute approximate surface area is 129 Å². The zero-order valence-corrected chi connectivity index (χ0v) is 13.1. The topological polar surface area (TPSA) is 70.2 Å². The highest BCUT2D eigenvalue weighted by atomic mass is 16.5. The highest BCUT2D eigenvalue weighted by molar-refractivity contribution is 6.00. The Balaban J connectivity index is 1.67. The molecule has 6 nitrogen and oxygen atoms in total. The Morgan fingerprint density at radius 1 is 1.55 bits per heavy atom. The zero-order chi connectivity index (χ0) is 15.5. The largest absolute Gasteiger partial charge is 0.381 e. The van der Waals surface area contributed by atoms with Crippen molar-refractivity contribution in [2.45, 2.75) is 20.3 Å². The molecule has 0 bridgehead atoms. The van der Waals surface area contributed by atoms with Crippen LogP contribution in [0.15, 0.2) is 18.3 Å². The fourth-order valence-electron chi connectivity index (χ4n) is 2.91. The van der Waals surface area contributed by atoms with E-state index >= 15 is 0 Å². The number of likely N-dealkylation sites (tertiary alicyclic amines) is 1. The number of aryl methyl sites for hydroxylation is 1. The van der Waals surface area contributed by atoms with E-state index in [-0.39, 0.29) is 6.03 Å². The minimum Gasteiger partial charge on any atom is -0.381 e. The van der Waals surface area contributed by atoms with Crippen LogP contribution in [-0.4, -0.2) is 47.4 Å². The predicted molar refractivity (Wildman–Crippen MR) is 86.0 cm³/mol. The second-order valence-electron chi connectivity index (χ2n) is 5.78. The Hall–Kier alpha value is -2.08. The van der Waals surface area contributed by atoms with Gasteiger partial charge in [0.1, 0.15) is 0 Å². The maximum Gasteiger partial charge on any atom is 0.321 e. The number of hydrogen-bond donors (Lipinski definition) is 2. The van der Waals surface area contributed by atoms with Crippen LogP contribution >= 0.6 is 0 Å². The summed E-state index contributed by atoms with van der Waals surface area (Å²) in [7, 11) is 0. The number of fused-ring (bicyclic) bond motifs is 1. The number of hydrogen-bond acceptors (Lipinski definition) is 3. The number of urea groups is 1. The van der Waals surface area contributed by atoms with Crippen LogP contribution in [0.1, 0.15) is 18.9 Å². The number of aromatic amines is 1. The molecule has 3 rings (SSSR count). The summed E-state index contributed by atoms with van der Waals surface area (Å²) >= 11 is 0. The first kappa shape index (κ1) is 14.8. The summed E-state index contributed by atoms with van der Waals surface area (Å²) < 4.78 is 5.45. The van der Waals surface area contributed by atoms with Gasteiger partial charge in [-0.25, -0.2) is 4.79 Å². The third-order valence-electron chi connectivity index (χ3n) is 4.21. The summed E-state index contributed by atoms with van der Waals surface area (Å²) in [6.45, 7) is 7.01. The van der Waals surface area contributed by atoms with E-state index in [0.29, 0.717) is 5.92 Å². The Bertz CT molecular complexity index is 667.